The van der Waals surface area contributed by atoms with Crippen LogP contribution in [-0.4, -0.2) is 31.4 Å². The van der Waals surface area contributed by atoms with Gasteiger partial charge < -0.3 is 5.32 Å². The number of hydrogen-bond acceptors (Lipinski definition) is 6. The normalized spacial score (nSPS) is 11.1. The zero-order chi connectivity index (χ0) is 21.8. The van der Waals surface area contributed by atoms with Crippen molar-refractivity contribution in [2.75, 3.05) is 11.1 Å². The van der Waals surface area contributed by atoms with Gasteiger partial charge in [-0.25, -0.2) is 9.37 Å². The van der Waals surface area contributed by atoms with E-state index >= 15 is 0 Å². The van der Waals surface area contributed by atoms with Crippen molar-refractivity contribution in [3.63, 3.8) is 0 Å². The lowest BCUT2D eigenvalue weighted by molar-refractivity contribution is -0.113. The van der Waals surface area contributed by atoms with E-state index in [9.17, 15) is 9.18 Å². The highest BCUT2D eigenvalue weighted by atomic mass is 32.2. The van der Waals surface area contributed by atoms with E-state index in [1.54, 1.807) is 18.2 Å². The second-order valence-corrected chi connectivity index (χ2v) is 8.79. The molecule has 0 bridgehead atoms. The molecule has 4 aromatic rings. The molecule has 6 nitrogen and oxygen atoms in total. The van der Waals surface area contributed by atoms with Crippen LogP contribution in [-0.2, 0) is 4.79 Å². The van der Waals surface area contributed by atoms with E-state index in [1.807, 2.05) is 54.1 Å². The molecule has 0 atom stereocenters. The van der Waals surface area contributed by atoms with Gasteiger partial charge in [0.05, 0.1) is 17.0 Å². The Morgan fingerprint density at radius 1 is 1.13 bits per heavy atom. The Bertz CT molecular complexity index is 1190. The third-order valence-corrected chi connectivity index (χ3v) is 6.15. The number of rotatable bonds is 7. The summed E-state index contributed by atoms with van der Waals surface area (Å²) < 4.78 is 16.1. The molecule has 0 aliphatic carbocycles. The van der Waals surface area contributed by atoms with E-state index in [0.29, 0.717) is 21.7 Å². The zero-order valence-corrected chi connectivity index (χ0v) is 18.6. The molecule has 1 amide bonds. The molecule has 9 heteroatoms. The molecular weight excluding hydrogens is 433 g/mol. The Hall–Kier alpha value is -3.04. The van der Waals surface area contributed by atoms with Crippen molar-refractivity contribution in [2.45, 2.75) is 25.0 Å². The van der Waals surface area contributed by atoms with Gasteiger partial charge in [-0.15, -0.1) is 21.5 Å². The molecule has 0 aliphatic heterocycles. The van der Waals surface area contributed by atoms with E-state index in [1.165, 1.54) is 29.2 Å². The summed E-state index contributed by atoms with van der Waals surface area (Å²) in [5.74, 6) is 0.0415. The van der Waals surface area contributed by atoms with E-state index < -0.39 is 0 Å². The average Bonchev–Trinajstić information content (AvgIpc) is 3.40. The highest BCUT2D eigenvalue weighted by Crippen LogP contribution is 2.29. The summed E-state index contributed by atoms with van der Waals surface area (Å²) in [6, 6.07) is 16.3. The van der Waals surface area contributed by atoms with Crippen LogP contribution in [0.2, 0.25) is 0 Å². The Morgan fingerprint density at radius 2 is 1.87 bits per heavy atom. The lowest BCUT2D eigenvalue weighted by Crippen LogP contribution is -2.15. The van der Waals surface area contributed by atoms with Gasteiger partial charge in [-0.05, 0) is 26.0 Å². The Balaban J connectivity index is 1.44. The van der Waals surface area contributed by atoms with E-state index in [2.05, 4.69) is 20.5 Å². The van der Waals surface area contributed by atoms with Crippen LogP contribution in [0.5, 0.6) is 0 Å². The molecule has 2 aromatic heterocycles. The van der Waals surface area contributed by atoms with Gasteiger partial charge in [-0.1, -0.05) is 54.2 Å². The predicted octanol–water partition coefficient (Wildman–Crippen LogP) is 5.52. The topological polar surface area (TPSA) is 72.7 Å². The third kappa shape index (κ3) is 4.83. The number of nitrogens with one attached hydrogen (secondary N) is 1. The smallest absolute Gasteiger partial charge is 0.236 e. The first-order valence-corrected chi connectivity index (χ1v) is 11.5. The molecule has 0 unspecified atom stereocenters. The van der Waals surface area contributed by atoms with E-state index in [0.717, 1.165) is 11.3 Å². The molecule has 1 N–H and O–H groups in total. The van der Waals surface area contributed by atoms with Crippen LogP contribution in [0, 0.1) is 5.82 Å². The molecule has 2 aromatic carbocycles. The van der Waals surface area contributed by atoms with Crippen molar-refractivity contribution in [1.29, 1.82) is 0 Å². The Morgan fingerprint density at radius 3 is 2.61 bits per heavy atom. The standard InChI is InChI=1S/C22H20FN5OS2/c1-14(2)28-20(16-10-6-7-11-17(16)23)26-27-22(28)31-13-19(29)25-21-24-18(12-30-21)15-8-4-3-5-9-15/h3-12,14H,13H2,1-2H3,(H,24,25,29). The van der Waals surface area contributed by atoms with Gasteiger partial charge in [-0.2, -0.15) is 0 Å². The first-order valence-electron chi connectivity index (χ1n) is 9.66. The number of carbonyl (C=O) groups excluding carboxylic acids is 1. The molecule has 0 radical (unpaired) electrons. The van der Waals surface area contributed by atoms with Gasteiger partial charge in [0.1, 0.15) is 5.82 Å². The molecular formula is C22H20FN5OS2. The summed E-state index contributed by atoms with van der Waals surface area (Å²) >= 11 is 2.64. The number of carbonyl (C=O) groups is 1. The second-order valence-electron chi connectivity index (χ2n) is 6.99. The number of benzene rings is 2. The fraction of sp³-hybridized carbons (Fsp3) is 0.182. The largest absolute Gasteiger partial charge is 0.301 e. The highest BCUT2D eigenvalue weighted by Gasteiger charge is 2.20. The lowest BCUT2D eigenvalue weighted by Gasteiger charge is -2.14. The third-order valence-electron chi connectivity index (χ3n) is 4.45. The summed E-state index contributed by atoms with van der Waals surface area (Å²) in [5.41, 5.74) is 2.21. The van der Waals surface area contributed by atoms with Gasteiger partial charge in [-0.3, -0.25) is 9.36 Å². The maximum absolute atomic E-state index is 14.3. The van der Waals surface area contributed by atoms with Gasteiger partial charge in [0.25, 0.3) is 0 Å². The van der Waals surface area contributed by atoms with Crippen molar-refractivity contribution >= 4 is 34.1 Å². The quantitative estimate of drug-likeness (QED) is 0.373. The molecule has 4 rings (SSSR count). The summed E-state index contributed by atoms with van der Waals surface area (Å²) in [7, 11) is 0. The zero-order valence-electron chi connectivity index (χ0n) is 16.9. The number of thiazole rings is 1. The van der Waals surface area contributed by atoms with Crippen LogP contribution in [0.1, 0.15) is 19.9 Å². The minimum atomic E-state index is -0.357. The number of hydrogen-bond donors (Lipinski definition) is 1. The number of thioether (sulfide) groups is 1. The first kappa shape index (κ1) is 21.2. The maximum Gasteiger partial charge on any atom is 0.236 e. The lowest BCUT2D eigenvalue weighted by atomic mass is 10.2. The van der Waals surface area contributed by atoms with Crippen molar-refractivity contribution in [3.05, 3.63) is 65.8 Å². The average molecular weight is 454 g/mol. The summed E-state index contributed by atoms with van der Waals surface area (Å²) in [4.78, 5) is 16.9. The van der Waals surface area contributed by atoms with Crippen LogP contribution >= 0.6 is 23.1 Å². The van der Waals surface area contributed by atoms with Crippen molar-refractivity contribution in [3.8, 4) is 22.6 Å². The molecule has 0 fully saturated rings. The molecule has 0 spiro atoms. The summed E-state index contributed by atoms with van der Waals surface area (Å²) in [6.45, 7) is 3.94. The van der Waals surface area contributed by atoms with Crippen molar-refractivity contribution in [1.82, 2.24) is 19.7 Å². The van der Waals surface area contributed by atoms with Gasteiger partial charge >= 0.3 is 0 Å². The SMILES string of the molecule is CC(C)n1c(SCC(=O)Nc2nc(-c3ccccc3)cs2)nnc1-c1ccccc1F. The summed E-state index contributed by atoms with van der Waals surface area (Å²) in [6.07, 6.45) is 0. The molecule has 31 heavy (non-hydrogen) atoms. The molecule has 158 valence electrons. The maximum atomic E-state index is 14.3. The first-order chi connectivity index (χ1) is 15.0. The Labute approximate surface area is 187 Å². The van der Waals surface area contributed by atoms with Gasteiger partial charge in [0.15, 0.2) is 16.1 Å². The van der Waals surface area contributed by atoms with E-state index in [4.69, 9.17) is 0 Å². The minimum absolute atomic E-state index is 0.00237. The van der Waals surface area contributed by atoms with Gasteiger partial charge in [0.2, 0.25) is 5.91 Å². The van der Waals surface area contributed by atoms with Crippen LogP contribution in [0.3, 0.4) is 0 Å². The van der Waals surface area contributed by atoms with Crippen LogP contribution in [0.25, 0.3) is 22.6 Å². The molecule has 2 heterocycles. The second kappa shape index (κ2) is 9.40. The Kier molecular flexibility index (Phi) is 6.43. The minimum Gasteiger partial charge on any atom is -0.301 e. The highest BCUT2D eigenvalue weighted by molar-refractivity contribution is 7.99. The number of anilines is 1. The van der Waals surface area contributed by atoms with Gasteiger partial charge in [0, 0.05) is 17.0 Å². The number of aromatic nitrogens is 4. The molecule has 0 aliphatic rings. The predicted molar refractivity (Wildman–Crippen MR) is 123 cm³/mol. The number of nitrogens with zero attached hydrogens (tertiary/aromatic N) is 4. The number of halogens is 1. The number of amides is 1. The van der Waals surface area contributed by atoms with Crippen molar-refractivity contribution in [2.24, 2.45) is 0 Å². The van der Waals surface area contributed by atoms with Crippen molar-refractivity contribution < 1.29 is 9.18 Å². The molecule has 0 saturated carbocycles. The molecule has 0 saturated heterocycles. The fourth-order valence-electron chi connectivity index (χ4n) is 3.03. The fourth-order valence-corrected chi connectivity index (χ4v) is 4.63. The van der Waals surface area contributed by atoms with Crippen LogP contribution < -0.4 is 5.32 Å². The van der Waals surface area contributed by atoms with Crippen LogP contribution in [0.15, 0.2) is 65.1 Å². The monoisotopic (exact) mass is 453 g/mol. The van der Waals surface area contributed by atoms with Crippen LogP contribution in [0.4, 0.5) is 9.52 Å². The summed E-state index contributed by atoms with van der Waals surface area (Å²) in [5, 5.41) is 14.2. The van der Waals surface area contributed by atoms with E-state index in [-0.39, 0.29) is 23.5 Å².